The third-order valence-electron chi connectivity index (χ3n) is 2.48. The smallest absolute Gasteiger partial charge is 0.0226 e. The van der Waals surface area contributed by atoms with Crippen LogP contribution in [0.15, 0.2) is 11.1 Å². The summed E-state index contributed by atoms with van der Waals surface area (Å²) in [5, 5.41) is 0. The molecule has 0 amide bonds. The largest absolute Gasteiger partial charge is 0.0738 e. The summed E-state index contributed by atoms with van der Waals surface area (Å²) in [5.41, 5.74) is 3.38. The topological polar surface area (TPSA) is 0 Å². The van der Waals surface area contributed by atoms with E-state index in [9.17, 15) is 0 Å². The molecule has 1 aliphatic carbocycles. The zero-order valence-corrected chi connectivity index (χ0v) is 6.70. The highest BCUT2D eigenvalue weighted by Gasteiger charge is 2.16. The third-order valence-corrected chi connectivity index (χ3v) is 2.48. The van der Waals surface area contributed by atoms with Crippen molar-refractivity contribution in [3.8, 4) is 0 Å². The van der Waals surface area contributed by atoms with E-state index in [1.807, 2.05) is 0 Å². The van der Waals surface area contributed by atoms with Crippen molar-refractivity contribution < 1.29 is 0 Å². The van der Waals surface area contributed by atoms with Crippen molar-refractivity contribution in [1.82, 2.24) is 0 Å². The summed E-state index contributed by atoms with van der Waals surface area (Å²) in [6, 6.07) is 0. The summed E-state index contributed by atoms with van der Waals surface area (Å²) in [6.07, 6.45) is 4.02. The highest BCUT2D eigenvalue weighted by Crippen LogP contribution is 2.32. The van der Waals surface area contributed by atoms with Gasteiger partial charge in [-0.15, -0.1) is 0 Å². The molecular weight excluding hydrogens is 108 g/mol. The van der Waals surface area contributed by atoms with Gasteiger partial charge < -0.3 is 0 Å². The zero-order chi connectivity index (χ0) is 6.85. The summed E-state index contributed by atoms with van der Waals surface area (Å²) in [6.45, 7) is 6.89. The number of hydrogen-bond acceptors (Lipinski definition) is 0. The molecule has 0 aromatic carbocycles. The number of rotatable bonds is 1. The maximum Gasteiger partial charge on any atom is -0.0226 e. The Morgan fingerprint density at radius 3 is 2.44 bits per heavy atom. The van der Waals surface area contributed by atoms with Crippen molar-refractivity contribution in [3.63, 3.8) is 0 Å². The van der Waals surface area contributed by atoms with Gasteiger partial charge >= 0.3 is 0 Å². The predicted molar refractivity (Wildman–Crippen MR) is 41.4 cm³/mol. The van der Waals surface area contributed by atoms with E-state index in [-0.39, 0.29) is 0 Å². The molecule has 1 aliphatic rings. The summed E-state index contributed by atoms with van der Waals surface area (Å²) in [7, 11) is 0. The molecule has 0 aromatic rings. The van der Waals surface area contributed by atoms with Crippen LogP contribution >= 0.6 is 0 Å². The van der Waals surface area contributed by atoms with E-state index in [2.05, 4.69) is 20.8 Å². The van der Waals surface area contributed by atoms with Crippen LogP contribution in [-0.2, 0) is 0 Å². The molecule has 0 aromatic heterocycles. The molecule has 52 valence electrons. The minimum atomic E-state index is 0.884. The Hall–Kier alpha value is -0.260. The monoisotopic (exact) mass is 124 g/mol. The normalized spacial score (nSPS) is 27.7. The first kappa shape index (κ1) is 6.85. The lowest BCUT2D eigenvalue weighted by atomic mass is 10.0. The van der Waals surface area contributed by atoms with Gasteiger partial charge in [0.1, 0.15) is 0 Å². The van der Waals surface area contributed by atoms with Crippen molar-refractivity contribution >= 4 is 0 Å². The molecule has 0 aliphatic heterocycles. The minimum absolute atomic E-state index is 0.884. The van der Waals surface area contributed by atoms with Crippen LogP contribution in [0, 0.1) is 5.92 Å². The fraction of sp³-hybridized carbons (Fsp3) is 0.778. The molecule has 0 bridgehead atoms. The van der Waals surface area contributed by atoms with E-state index < -0.39 is 0 Å². The van der Waals surface area contributed by atoms with Gasteiger partial charge in [0.15, 0.2) is 0 Å². The van der Waals surface area contributed by atoms with Crippen LogP contribution in [0.5, 0.6) is 0 Å². The lowest BCUT2D eigenvalue weighted by Gasteiger charge is -2.05. The average Bonchev–Trinajstić information content (AvgIpc) is 2.12. The van der Waals surface area contributed by atoms with Crippen LogP contribution in [0.1, 0.15) is 40.0 Å². The highest BCUT2D eigenvalue weighted by molar-refractivity contribution is 5.19. The lowest BCUT2D eigenvalue weighted by Crippen LogP contribution is -1.90. The Bertz CT molecular complexity index is 131. The van der Waals surface area contributed by atoms with Crippen molar-refractivity contribution in [2.24, 2.45) is 5.92 Å². The molecule has 0 N–H and O–H groups in total. The second-order valence-corrected chi connectivity index (χ2v) is 3.10. The van der Waals surface area contributed by atoms with Crippen molar-refractivity contribution in [2.75, 3.05) is 0 Å². The van der Waals surface area contributed by atoms with Crippen molar-refractivity contribution in [1.29, 1.82) is 0 Å². The van der Waals surface area contributed by atoms with Gasteiger partial charge in [-0.1, -0.05) is 25.0 Å². The number of hydrogen-bond donors (Lipinski definition) is 0. The SMILES string of the molecule is CCC1=C(C)CCC1C. The van der Waals surface area contributed by atoms with Crippen LogP contribution in [0.2, 0.25) is 0 Å². The van der Waals surface area contributed by atoms with Crippen molar-refractivity contribution in [3.05, 3.63) is 11.1 Å². The van der Waals surface area contributed by atoms with Crippen LogP contribution in [-0.4, -0.2) is 0 Å². The molecule has 0 nitrogen and oxygen atoms in total. The molecule has 9 heavy (non-hydrogen) atoms. The second-order valence-electron chi connectivity index (χ2n) is 3.10. The summed E-state index contributed by atoms with van der Waals surface area (Å²) in [4.78, 5) is 0. The van der Waals surface area contributed by atoms with Gasteiger partial charge in [-0.05, 0) is 32.1 Å². The standard InChI is InChI=1S/C9H16/c1-4-9-7(2)5-6-8(9)3/h7H,4-6H2,1-3H3. The summed E-state index contributed by atoms with van der Waals surface area (Å²) in [5.74, 6) is 0.884. The Morgan fingerprint density at radius 2 is 2.22 bits per heavy atom. The Labute approximate surface area is 58.0 Å². The van der Waals surface area contributed by atoms with Gasteiger partial charge in [0.25, 0.3) is 0 Å². The second kappa shape index (κ2) is 2.55. The van der Waals surface area contributed by atoms with Crippen LogP contribution in [0.25, 0.3) is 0 Å². The van der Waals surface area contributed by atoms with E-state index in [1.165, 1.54) is 19.3 Å². The zero-order valence-electron chi connectivity index (χ0n) is 6.70. The van der Waals surface area contributed by atoms with Crippen LogP contribution in [0.3, 0.4) is 0 Å². The molecule has 1 unspecified atom stereocenters. The fourth-order valence-electron chi connectivity index (χ4n) is 1.84. The molecule has 0 heteroatoms. The quantitative estimate of drug-likeness (QED) is 0.471. The van der Waals surface area contributed by atoms with Gasteiger partial charge in [0.2, 0.25) is 0 Å². The van der Waals surface area contributed by atoms with E-state index in [0.717, 1.165) is 5.92 Å². The van der Waals surface area contributed by atoms with E-state index >= 15 is 0 Å². The van der Waals surface area contributed by atoms with E-state index in [1.54, 1.807) is 11.1 Å². The molecule has 0 saturated heterocycles. The Balaban J connectivity index is 2.69. The first-order valence-electron chi connectivity index (χ1n) is 3.94. The highest BCUT2D eigenvalue weighted by atomic mass is 14.2. The first-order valence-corrected chi connectivity index (χ1v) is 3.94. The van der Waals surface area contributed by atoms with E-state index in [0.29, 0.717) is 0 Å². The van der Waals surface area contributed by atoms with Gasteiger partial charge in [0, 0.05) is 0 Å². The molecule has 0 saturated carbocycles. The fourth-order valence-corrected chi connectivity index (χ4v) is 1.84. The predicted octanol–water partition coefficient (Wildman–Crippen LogP) is 3.14. The van der Waals surface area contributed by atoms with Gasteiger partial charge in [-0.25, -0.2) is 0 Å². The molecule has 0 fully saturated rings. The lowest BCUT2D eigenvalue weighted by molar-refractivity contribution is 0.652. The van der Waals surface area contributed by atoms with Crippen LogP contribution < -0.4 is 0 Å². The molecule has 1 atom stereocenters. The summed E-state index contributed by atoms with van der Waals surface area (Å²) >= 11 is 0. The molecule has 0 radical (unpaired) electrons. The van der Waals surface area contributed by atoms with Crippen molar-refractivity contribution in [2.45, 2.75) is 40.0 Å². The third kappa shape index (κ3) is 1.17. The van der Waals surface area contributed by atoms with Gasteiger partial charge in [-0.3, -0.25) is 0 Å². The molecule has 0 heterocycles. The minimum Gasteiger partial charge on any atom is -0.0738 e. The maximum atomic E-state index is 2.34. The Kier molecular flexibility index (Phi) is 1.94. The van der Waals surface area contributed by atoms with Gasteiger partial charge in [-0.2, -0.15) is 0 Å². The van der Waals surface area contributed by atoms with E-state index in [4.69, 9.17) is 0 Å². The maximum absolute atomic E-state index is 2.34. The number of allylic oxidation sites excluding steroid dienone is 2. The Morgan fingerprint density at radius 1 is 1.56 bits per heavy atom. The van der Waals surface area contributed by atoms with Crippen LogP contribution in [0.4, 0.5) is 0 Å². The summed E-state index contributed by atoms with van der Waals surface area (Å²) < 4.78 is 0. The molecule has 0 spiro atoms. The molecular formula is C9H16. The first-order chi connectivity index (χ1) is 4.25. The molecule has 1 rings (SSSR count). The van der Waals surface area contributed by atoms with Gasteiger partial charge in [0.05, 0.1) is 0 Å². The average molecular weight is 124 g/mol.